The van der Waals surface area contributed by atoms with Crippen molar-refractivity contribution in [2.24, 2.45) is 0 Å². The Morgan fingerprint density at radius 2 is 2.21 bits per heavy atom. The van der Waals surface area contributed by atoms with Crippen LogP contribution in [0.5, 0.6) is 0 Å². The molecule has 1 aromatic rings. The van der Waals surface area contributed by atoms with E-state index >= 15 is 0 Å². The lowest BCUT2D eigenvalue weighted by Gasteiger charge is -2.30. The molecule has 0 saturated carbocycles. The van der Waals surface area contributed by atoms with Gasteiger partial charge in [-0.15, -0.1) is 0 Å². The van der Waals surface area contributed by atoms with Crippen molar-refractivity contribution >= 4 is 12.5 Å². The summed E-state index contributed by atoms with van der Waals surface area (Å²) in [5.74, 6) is -0.477. The van der Waals surface area contributed by atoms with E-state index in [1.54, 1.807) is 11.0 Å². The van der Waals surface area contributed by atoms with Crippen LogP contribution in [0, 0.1) is 5.95 Å². The highest BCUT2D eigenvalue weighted by Gasteiger charge is 2.17. The summed E-state index contributed by atoms with van der Waals surface area (Å²) in [7, 11) is 0. The third-order valence-corrected chi connectivity index (χ3v) is 2.08. The summed E-state index contributed by atoms with van der Waals surface area (Å²) in [4.78, 5) is 15.5. The van der Waals surface area contributed by atoms with Crippen LogP contribution in [0.4, 0.5) is 4.39 Å². The van der Waals surface area contributed by atoms with E-state index in [-0.39, 0.29) is 0 Å². The standard InChI is InChI=1S/C10H9FN2O/c11-10-2-1-8(4-12-10)3-9-5-13(6-9)7-14/h1-4,7H,5-6H2. The van der Waals surface area contributed by atoms with Crippen molar-refractivity contribution in [2.75, 3.05) is 13.1 Å². The van der Waals surface area contributed by atoms with Crippen molar-refractivity contribution in [3.63, 3.8) is 0 Å². The molecule has 4 heteroatoms. The van der Waals surface area contributed by atoms with Crippen molar-refractivity contribution in [1.29, 1.82) is 0 Å². The summed E-state index contributed by atoms with van der Waals surface area (Å²) >= 11 is 0. The SMILES string of the molecule is O=CN1CC(=Cc2ccc(F)nc2)C1. The van der Waals surface area contributed by atoms with E-state index in [2.05, 4.69) is 4.98 Å². The van der Waals surface area contributed by atoms with Gasteiger partial charge in [0.05, 0.1) is 0 Å². The Morgan fingerprint density at radius 3 is 2.79 bits per heavy atom. The van der Waals surface area contributed by atoms with Crippen molar-refractivity contribution in [3.8, 4) is 0 Å². The molecule has 0 unspecified atom stereocenters. The lowest BCUT2D eigenvalue weighted by atomic mass is 10.1. The first-order chi connectivity index (χ1) is 6.78. The van der Waals surface area contributed by atoms with E-state index in [1.807, 2.05) is 6.08 Å². The number of likely N-dealkylation sites (tertiary alicyclic amines) is 1. The van der Waals surface area contributed by atoms with E-state index in [9.17, 15) is 9.18 Å². The predicted octanol–water partition coefficient (Wildman–Crippen LogP) is 1.08. The lowest BCUT2D eigenvalue weighted by molar-refractivity contribution is -0.119. The minimum Gasteiger partial charge on any atom is -0.337 e. The van der Waals surface area contributed by atoms with Gasteiger partial charge in [-0.2, -0.15) is 4.39 Å². The van der Waals surface area contributed by atoms with Gasteiger partial charge in [-0.3, -0.25) is 4.79 Å². The molecule has 1 aliphatic rings. The molecule has 0 spiro atoms. The lowest BCUT2D eigenvalue weighted by Crippen LogP contribution is -2.38. The number of halogens is 1. The van der Waals surface area contributed by atoms with E-state index in [0.29, 0.717) is 13.1 Å². The molecule has 1 saturated heterocycles. The van der Waals surface area contributed by atoms with Crippen molar-refractivity contribution in [1.82, 2.24) is 9.88 Å². The number of amides is 1. The minimum atomic E-state index is -0.477. The van der Waals surface area contributed by atoms with Crippen LogP contribution in [0.15, 0.2) is 23.9 Å². The Hall–Kier alpha value is -1.71. The van der Waals surface area contributed by atoms with Crippen LogP contribution in [0.25, 0.3) is 6.08 Å². The van der Waals surface area contributed by atoms with Crippen LogP contribution in [0.3, 0.4) is 0 Å². The fourth-order valence-electron chi connectivity index (χ4n) is 1.35. The van der Waals surface area contributed by atoms with Gasteiger partial charge in [0, 0.05) is 19.3 Å². The summed E-state index contributed by atoms with van der Waals surface area (Å²) in [6.45, 7) is 1.34. The molecule has 0 radical (unpaired) electrons. The van der Waals surface area contributed by atoms with E-state index < -0.39 is 5.95 Å². The first kappa shape index (κ1) is 8.87. The quantitative estimate of drug-likeness (QED) is 0.519. The summed E-state index contributed by atoms with van der Waals surface area (Å²) in [6.07, 6.45) is 4.22. The number of carbonyl (C=O) groups is 1. The van der Waals surface area contributed by atoms with Crippen molar-refractivity contribution < 1.29 is 9.18 Å². The zero-order chi connectivity index (χ0) is 9.97. The third-order valence-electron chi connectivity index (χ3n) is 2.08. The number of nitrogens with zero attached hydrogens (tertiary/aromatic N) is 2. The maximum Gasteiger partial charge on any atom is 0.212 e. The summed E-state index contributed by atoms with van der Waals surface area (Å²) in [5, 5.41) is 0. The number of carbonyl (C=O) groups excluding carboxylic acids is 1. The van der Waals surface area contributed by atoms with E-state index in [0.717, 1.165) is 17.5 Å². The smallest absolute Gasteiger partial charge is 0.212 e. The molecular formula is C10H9FN2O. The predicted molar refractivity (Wildman–Crippen MR) is 49.8 cm³/mol. The molecular weight excluding hydrogens is 183 g/mol. The van der Waals surface area contributed by atoms with Crippen LogP contribution in [-0.2, 0) is 4.79 Å². The molecule has 72 valence electrons. The number of aromatic nitrogens is 1. The average molecular weight is 192 g/mol. The van der Waals surface area contributed by atoms with Crippen LogP contribution < -0.4 is 0 Å². The monoisotopic (exact) mass is 192 g/mol. The highest BCUT2D eigenvalue weighted by molar-refractivity contribution is 5.60. The van der Waals surface area contributed by atoms with Crippen molar-refractivity contribution in [3.05, 3.63) is 35.4 Å². The zero-order valence-electron chi connectivity index (χ0n) is 7.48. The van der Waals surface area contributed by atoms with Gasteiger partial charge in [-0.05, 0) is 23.3 Å². The minimum absolute atomic E-state index is 0.477. The molecule has 0 N–H and O–H groups in total. The number of hydrogen-bond acceptors (Lipinski definition) is 2. The van der Waals surface area contributed by atoms with Gasteiger partial charge in [-0.25, -0.2) is 4.98 Å². The molecule has 2 heterocycles. The third kappa shape index (κ3) is 1.79. The molecule has 2 rings (SSSR count). The largest absolute Gasteiger partial charge is 0.337 e. The van der Waals surface area contributed by atoms with Gasteiger partial charge >= 0.3 is 0 Å². The second-order valence-corrected chi connectivity index (χ2v) is 3.23. The number of pyridine rings is 1. The molecule has 1 amide bonds. The van der Waals surface area contributed by atoms with E-state index in [4.69, 9.17) is 0 Å². The molecule has 1 aromatic heterocycles. The Bertz CT molecular complexity index is 364. The first-order valence-corrected chi connectivity index (χ1v) is 4.28. The van der Waals surface area contributed by atoms with Crippen LogP contribution in [0.1, 0.15) is 5.56 Å². The Balaban J connectivity index is 2.05. The van der Waals surface area contributed by atoms with Gasteiger partial charge < -0.3 is 4.90 Å². The van der Waals surface area contributed by atoms with Gasteiger partial charge in [0.25, 0.3) is 0 Å². The normalized spacial score (nSPS) is 14.9. The van der Waals surface area contributed by atoms with E-state index in [1.165, 1.54) is 12.3 Å². The number of hydrogen-bond donors (Lipinski definition) is 0. The van der Waals surface area contributed by atoms with Gasteiger partial charge in [-0.1, -0.05) is 6.08 Å². The van der Waals surface area contributed by atoms with Crippen molar-refractivity contribution in [2.45, 2.75) is 0 Å². The summed E-state index contributed by atoms with van der Waals surface area (Å²) in [5.41, 5.74) is 2.03. The molecule has 0 aromatic carbocycles. The Morgan fingerprint density at radius 1 is 1.43 bits per heavy atom. The Kier molecular flexibility index (Phi) is 2.26. The zero-order valence-corrected chi connectivity index (χ0v) is 7.48. The first-order valence-electron chi connectivity index (χ1n) is 4.28. The molecule has 1 fully saturated rings. The molecule has 0 atom stereocenters. The summed E-state index contributed by atoms with van der Waals surface area (Å²) in [6, 6.07) is 2.99. The number of rotatable bonds is 2. The fraction of sp³-hybridized carbons (Fsp3) is 0.200. The molecule has 0 aliphatic carbocycles. The maximum atomic E-state index is 12.5. The fourth-order valence-corrected chi connectivity index (χ4v) is 1.35. The summed E-state index contributed by atoms with van der Waals surface area (Å²) < 4.78 is 12.5. The highest BCUT2D eigenvalue weighted by atomic mass is 19.1. The van der Waals surface area contributed by atoms with Gasteiger partial charge in [0.1, 0.15) is 0 Å². The highest BCUT2D eigenvalue weighted by Crippen LogP contribution is 2.15. The van der Waals surface area contributed by atoms with Gasteiger partial charge in [0.15, 0.2) is 0 Å². The average Bonchev–Trinajstić information content (AvgIpc) is 2.13. The molecule has 1 aliphatic heterocycles. The Labute approximate surface area is 80.9 Å². The van der Waals surface area contributed by atoms with Gasteiger partial charge in [0.2, 0.25) is 12.4 Å². The second-order valence-electron chi connectivity index (χ2n) is 3.23. The van der Waals surface area contributed by atoms with Crippen LogP contribution in [-0.4, -0.2) is 29.4 Å². The molecule has 3 nitrogen and oxygen atoms in total. The maximum absolute atomic E-state index is 12.5. The van der Waals surface area contributed by atoms with Crippen LogP contribution in [0.2, 0.25) is 0 Å². The topological polar surface area (TPSA) is 33.2 Å². The molecule has 14 heavy (non-hydrogen) atoms. The molecule has 0 bridgehead atoms. The van der Waals surface area contributed by atoms with Crippen LogP contribution >= 0.6 is 0 Å². The second kappa shape index (κ2) is 3.57.